The number of nitrogens with two attached hydrogens (primary N) is 1. The van der Waals surface area contributed by atoms with Gasteiger partial charge >= 0.3 is 0 Å². The van der Waals surface area contributed by atoms with E-state index in [-0.39, 0.29) is 0 Å². The van der Waals surface area contributed by atoms with Crippen LogP contribution in [0.3, 0.4) is 0 Å². The van der Waals surface area contributed by atoms with Crippen molar-refractivity contribution in [3.8, 4) is 22.4 Å². The molecule has 0 radical (unpaired) electrons. The third-order valence-electron chi connectivity index (χ3n) is 3.41. The summed E-state index contributed by atoms with van der Waals surface area (Å²) < 4.78 is 0. The predicted octanol–water partition coefficient (Wildman–Crippen LogP) is 3.24. The Morgan fingerprint density at radius 2 is 1.50 bits per heavy atom. The molecule has 100 valence electrons. The number of nitrogens with zero attached hydrogens (tertiary/aromatic N) is 1. The molecule has 0 saturated carbocycles. The molecule has 1 heterocycles. The fourth-order valence-corrected chi connectivity index (χ4v) is 2.37. The highest BCUT2D eigenvalue weighted by Crippen LogP contribution is 2.25. The second kappa shape index (κ2) is 5.72. The second-order valence-electron chi connectivity index (χ2n) is 4.75. The van der Waals surface area contributed by atoms with Crippen LogP contribution in [0.2, 0.25) is 0 Å². The summed E-state index contributed by atoms with van der Waals surface area (Å²) in [4.78, 5) is 0. The fourth-order valence-electron chi connectivity index (χ4n) is 2.37. The van der Waals surface area contributed by atoms with Gasteiger partial charge in [0.1, 0.15) is 0 Å². The normalized spacial score (nSPS) is 10.7. The number of hydrogen-bond acceptors (Lipinski definition) is 2. The first kappa shape index (κ1) is 12.6. The maximum Gasteiger partial charge on any atom is 0.0682 e. The van der Waals surface area contributed by atoms with E-state index in [4.69, 9.17) is 5.73 Å². The molecule has 3 heteroatoms. The second-order valence-corrected chi connectivity index (χ2v) is 4.75. The SMILES string of the molecule is NCCc1cn[nH]c1-c1ccc(-c2ccccc2)cc1. The lowest BCUT2D eigenvalue weighted by Crippen LogP contribution is -2.02. The Morgan fingerprint density at radius 1 is 0.850 bits per heavy atom. The van der Waals surface area contributed by atoms with Gasteiger partial charge in [-0.05, 0) is 35.2 Å². The van der Waals surface area contributed by atoms with Gasteiger partial charge in [-0.2, -0.15) is 5.10 Å². The van der Waals surface area contributed by atoms with Crippen molar-refractivity contribution in [1.82, 2.24) is 10.2 Å². The molecule has 0 atom stereocenters. The molecule has 2 aromatic carbocycles. The fraction of sp³-hybridized carbons (Fsp3) is 0.118. The van der Waals surface area contributed by atoms with E-state index in [1.165, 1.54) is 16.7 Å². The van der Waals surface area contributed by atoms with Gasteiger partial charge in [0.2, 0.25) is 0 Å². The summed E-state index contributed by atoms with van der Waals surface area (Å²) in [7, 11) is 0. The summed E-state index contributed by atoms with van der Waals surface area (Å²) in [6.07, 6.45) is 2.69. The standard InChI is InChI=1S/C17H17N3/c18-11-10-16-12-19-20-17(16)15-8-6-14(7-9-15)13-4-2-1-3-5-13/h1-9,12H,10-11,18H2,(H,19,20). The van der Waals surface area contributed by atoms with E-state index in [0.29, 0.717) is 6.54 Å². The molecule has 3 rings (SSSR count). The van der Waals surface area contributed by atoms with Crippen molar-refractivity contribution in [1.29, 1.82) is 0 Å². The quantitative estimate of drug-likeness (QED) is 0.759. The predicted molar refractivity (Wildman–Crippen MR) is 82.2 cm³/mol. The third-order valence-corrected chi connectivity index (χ3v) is 3.41. The molecule has 0 spiro atoms. The molecule has 0 bridgehead atoms. The Kier molecular flexibility index (Phi) is 3.61. The summed E-state index contributed by atoms with van der Waals surface area (Å²) >= 11 is 0. The van der Waals surface area contributed by atoms with Gasteiger partial charge in [0.05, 0.1) is 11.9 Å². The molecule has 0 fully saturated rings. The Balaban J connectivity index is 1.91. The monoisotopic (exact) mass is 263 g/mol. The van der Waals surface area contributed by atoms with Crippen LogP contribution in [0.5, 0.6) is 0 Å². The number of aromatic nitrogens is 2. The van der Waals surface area contributed by atoms with E-state index in [1.54, 1.807) is 0 Å². The van der Waals surface area contributed by atoms with Crippen LogP contribution in [-0.4, -0.2) is 16.7 Å². The Bertz CT molecular complexity index is 669. The van der Waals surface area contributed by atoms with Gasteiger partial charge in [-0.15, -0.1) is 0 Å². The Hall–Kier alpha value is -2.39. The van der Waals surface area contributed by atoms with Crippen molar-refractivity contribution in [3.63, 3.8) is 0 Å². The molecule has 3 nitrogen and oxygen atoms in total. The van der Waals surface area contributed by atoms with Crippen LogP contribution in [0.1, 0.15) is 5.56 Å². The summed E-state index contributed by atoms with van der Waals surface area (Å²) in [6, 6.07) is 18.9. The van der Waals surface area contributed by atoms with Crippen LogP contribution in [0, 0.1) is 0 Å². The molecule has 20 heavy (non-hydrogen) atoms. The van der Waals surface area contributed by atoms with Gasteiger partial charge in [0, 0.05) is 0 Å². The van der Waals surface area contributed by atoms with Crippen molar-refractivity contribution in [2.75, 3.05) is 6.54 Å². The van der Waals surface area contributed by atoms with Crippen LogP contribution in [-0.2, 0) is 6.42 Å². The molecule has 3 N–H and O–H groups in total. The van der Waals surface area contributed by atoms with Gasteiger partial charge in [0.25, 0.3) is 0 Å². The Morgan fingerprint density at radius 3 is 2.20 bits per heavy atom. The van der Waals surface area contributed by atoms with E-state index in [0.717, 1.165) is 17.7 Å². The summed E-state index contributed by atoms with van der Waals surface area (Å²) in [5, 5.41) is 7.18. The minimum atomic E-state index is 0.634. The summed E-state index contributed by atoms with van der Waals surface area (Å²) in [5.74, 6) is 0. The lowest BCUT2D eigenvalue weighted by atomic mass is 10.0. The first-order valence-electron chi connectivity index (χ1n) is 6.76. The van der Waals surface area contributed by atoms with Gasteiger partial charge in [0.15, 0.2) is 0 Å². The lowest BCUT2D eigenvalue weighted by molar-refractivity contribution is 0.972. The lowest BCUT2D eigenvalue weighted by Gasteiger charge is -2.05. The zero-order valence-corrected chi connectivity index (χ0v) is 11.2. The van der Waals surface area contributed by atoms with Crippen molar-refractivity contribution < 1.29 is 0 Å². The molecular formula is C17H17N3. The minimum Gasteiger partial charge on any atom is -0.330 e. The molecular weight excluding hydrogens is 246 g/mol. The molecule has 0 aliphatic carbocycles. The number of aromatic amines is 1. The number of hydrogen-bond donors (Lipinski definition) is 2. The van der Waals surface area contributed by atoms with Crippen LogP contribution in [0.15, 0.2) is 60.8 Å². The average molecular weight is 263 g/mol. The zero-order valence-electron chi connectivity index (χ0n) is 11.2. The van der Waals surface area contributed by atoms with Gasteiger partial charge in [-0.25, -0.2) is 0 Å². The largest absolute Gasteiger partial charge is 0.330 e. The summed E-state index contributed by atoms with van der Waals surface area (Å²) in [5.41, 5.74) is 11.4. The molecule has 0 aliphatic rings. The van der Waals surface area contributed by atoms with Crippen LogP contribution < -0.4 is 5.73 Å². The van der Waals surface area contributed by atoms with E-state index in [1.807, 2.05) is 12.3 Å². The van der Waals surface area contributed by atoms with E-state index in [9.17, 15) is 0 Å². The topological polar surface area (TPSA) is 54.7 Å². The van der Waals surface area contributed by atoms with E-state index < -0.39 is 0 Å². The van der Waals surface area contributed by atoms with Gasteiger partial charge < -0.3 is 5.73 Å². The molecule has 0 amide bonds. The first-order chi connectivity index (χ1) is 9.88. The highest BCUT2D eigenvalue weighted by molar-refractivity contribution is 5.69. The maximum atomic E-state index is 5.63. The van der Waals surface area contributed by atoms with Crippen molar-refractivity contribution in [2.45, 2.75) is 6.42 Å². The molecule has 0 saturated heterocycles. The van der Waals surface area contributed by atoms with Crippen LogP contribution in [0.25, 0.3) is 22.4 Å². The molecule has 1 aromatic heterocycles. The smallest absolute Gasteiger partial charge is 0.0682 e. The number of benzene rings is 2. The van der Waals surface area contributed by atoms with Crippen LogP contribution >= 0.6 is 0 Å². The third kappa shape index (κ3) is 2.49. The zero-order chi connectivity index (χ0) is 13.8. The van der Waals surface area contributed by atoms with E-state index >= 15 is 0 Å². The van der Waals surface area contributed by atoms with E-state index in [2.05, 4.69) is 58.7 Å². The van der Waals surface area contributed by atoms with Crippen molar-refractivity contribution >= 4 is 0 Å². The van der Waals surface area contributed by atoms with Crippen molar-refractivity contribution in [2.24, 2.45) is 5.73 Å². The summed E-state index contributed by atoms with van der Waals surface area (Å²) in [6.45, 7) is 0.634. The molecule has 0 unspecified atom stereocenters. The highest BCUT2D eigenvalue weighted by Gasteiger charge is 2.07. The minimum absolute atomic E-state index is 0.634. The Labute approximate surface area is 118 Å². The average Bonchev–Trinajstić information content (AvgIpc) is 2.97. The van der Waals surface area contributed by atoms with Crippen molar-refractivity contribution in [3.05, 3.63) is 66.4 Å². The first-order valence-corrected chi connectivity index (χ1v) is 6.76. The number of nitrogens with one attached hydrogen (secondary N) is 1. The van der Waals surface area contributed by atoms with Gasteiger partial charge in [-0.3, -0.25) is 5.10 Å². The van der Waals surface area contributed by atoms with Crippen LogP contribution in [0.4, 0.5) is 0 Å². The maximum absolute atomic E-state index is 5.63. The molecule has 3 aromatic rings. The number of H-pyrrole nitrogens is 1. The molecule has 0 aliphatic heterocycles. The van der Waals surface area contributed by atoms with Gasteiger partial charge in [-0.1, -0.05) is 54.6 Å². The number of rotatable bonds is 4. The highest BCUT2D eigenvalue weighted by atomic mass is 15.1.